The Bertz CT molecular complexity index is 370. The van der Waals surface area contributed by atoms with E-state index in [0.29, 0.717) is 0 Å². The van der Waals surface area contributed by atoms with Gasteiger partial charge in [-0.05, 0) is 13.0 Å². The molecule has 0 unspecified atom stereocenters. The van der Waals surface area contributed by atoms with Gasteiger partial charge in [0, 0.05) is 16.5 Å². The highest BCUT2D eigenvalue weighted by Crippen LogP contribution is 2.37. The van der Waals surface area contributed by atoms with Crippen molar-refractivity contribution in [1.82, 2.24) is 0 Å². The topological polar surface area (TPSA) is 38.7 Å². The number of ether oxygens (including phenoxy) is 2. The van der Waals surface area contributed by atoms with E-state index in [1.54, 1.807) is 14.2 Å². The van der Waals surface area contributed by atoms with E-state index in [4.69, 9.17) is 9.47 Å². The van der Waals surface area contributed by atoms with Crippen LogP contribution in [0, 0.1) is 6.92 Å². The third-order valence-corrected chi connectivity index (χ3v) is 2.90. The zero-order valence-electron chi connectivity index (χ0n) is 10.6. The van der Waals surface area contributed by atoms with Gasteiger partial charge in [0.2, 0.25) is 0 Å². The monoisotopic (exact) mass is 224 g/mol. The molecule has 0 atom stereocenters. The molecule has 1 rings (SSSR count). The first kappa shape index (κ1) is 12.8. The Hall–Kier alpha value is -1.22. The van der Waals surface area contributed by atoms with Gasteiger partial charge in [-0.3, -0.25) is 0 Å². The predicted molar refractivity (Wildman–Crippen MR) is 64.4 cm³/mol. The summed E-state index contributed by atoms with van der Waals surface area (Å²) in [7, 11) is 3.28. The van der Waals surface area contributed by atoms with E-state index in [-0.39, 0.29) is 12.0 Å². The molecule has 3 heteroatoms. The SMILES string of the molecule is COc1ccc(C(C)(C)CO)c(OC)c1C. The number of rotatable bonds is 4. The quantitative estimate of drug-likeness (QED) is 0.852. The van der Waals surface area contributed by atoms with Crippen LogP contribution in [0.4, 0.5) is 0 Å². The lowest BCUT2D eigenvalue weighted by Crippen LogP contribution is -2.23. The molecular formula is C13H20O3. The third kappa shape index (κ3) is 2.14. The second-order valence-corrected chi connectivity index (χ2v) is 4.52. The van der Waals surface area contributed by atoms with Crippen LogP contribution in [0.3, 0.4) is 0 Å². The molecule has 0 aromatic heterocycles. The van der Waals surface area contributed by atoms with Crippen molar-refractivity contribution in [1.29, 1.82) is 0 Å². The molecule has 0 heterocycles. The van der Waals surface area contributed by atoms with Gasteiger partial charge >= 0.3 is 0 Å². The van der Waals surface area contributed by atoms with Crippen molar-refractivity contribution in [3.8, 4) is 11.5 Å². The highest BCUT2D eigenvalue weighted by atomic mass is 16.5. The van der Waals surface area contributed by atoms with E-state index >= 15 is 0 Å². The lowest BCUT2D eigenvalue weighted by molar-refractivity contribution is 0.214. The third-order valence-electron chi connectivity index (χ3n) is 2.90. The zero-order chi connectivity index (χ0) is 12.3. The van der Waals surface area contributed by atoms with Gasteiger partial charge in [0.1, 0.15) is 11.5 Å². The van der Waals surface area contributed by atoms with Crippen molar-refractivity contribution in [3.05, 3.63) is 23.3 Å². The largest absolute Gasteiger partial charge is 0.496 e. The second-order valence-electron chi connectivity index (χ2n) is 4.52. The van der Waals surface area contributed by atoms with E-state index in [0.717, 1.165) is 22.6 Å². The van der Waals surface area contributed by atoms with E-state index < -0.39 is 0 Å². The van der Waals surface area contributed by atoms with Crippen LogP contribution in [-0.2, 0) is 5.41 Å². The molecule has 0 spiro atoms. The molecule has 0 amide bonds. The van der Waals surface area contributed by atoms with Gasteiger partial charge in [-0.15, -0.1) is 0 Å². The van der Waals surface area contributed by atoms with Crippen LogP contribution >= 0.6 is 0 Å². The van der Waals surface area contributed by atoms with Crippen molar-refractivity contribution >= 4 is 0 Å². The maximum atomic E-state index is 9.40. The Balaban J connectivity index is 3.37. The molecule has 0 saturated carbocycles. The molecule has 1 N–H and O–H groups in total. The summed E-state index contributed by atoms with van der Waals surface area (Å²) >= 11 is 0. The maximum absolute atomic E-state index is 9.40. The summed E-state index contributed by atoms with van der Waals surface area (Å²) in [5, 5.41) is 9.40. The van der Waals surface area contributed by atoms with E-state index in [1.807, 2.05) is 32.9 Å². The number of aliphatic hydroxyl groups excluding tert-OH is 1. The summed E-state index contributed by atoms with van der Waals surface area (Å²) in [6, 6.07) is 3.85. The normalized spacial score (nSPS) is 11.4. The molecule has 0 saturated heterocycles. The van der Waals surface area contributed by atoms with Crippen LogP contribution in [0.15, 0.2) is 12.1 Å². The first-order valence-corrected chi connectivity index (χ1v) is 5.31. The van der Waals surface area contributed by atoms with Gasteiger partial charge < -0.3 is 14.6 Å². The Morgan fingerprint density at radius 3 is 2.25 bits per heavy atom. The minimum absolute atomic E-state index is 0.0785. The number of hydrogen-bond acceptors (Lipinski definition) is 3. The van der Waals surface area contributed by atoms with Crippen LogP contribution in [0.25, 0.3) is 0 Å². The average Bonchev–Trinajstić information content (AvgIpc) is 2.28. The summed E-state index contributed by atoms with van der Waals surface area (Å²) < 4.78 is 10.7. The molecule has 0 fully saturated rings. The Morgan fingerprint density at radius 1 is 1.19 bits per heavy atom. The minimum atomic E-state index is -0.317. The van der Waals surface area contributed by atoms with E-state index in [1.165, 1.54) is 0 Å². The van der Waals surface area contributed by atoms with Gasteiger partial charge in [-0.1, -0.05) is 19.9 Å². The average molecular weight is 224 g/mol. The number of hydrogen-bond donors (Lipinski definition) is 1. The number of benzene rings is 1. The summed E-state index contributed by atoms with van der Waals surface area (Å²) in [6.07, 6.45) is 0. The minimum Gasteiger partial charge on any atom is -0.496 e. The maximum Gasteiger partial charge on any atom is 0.129 e. The fourth-order valence-corrected chi connectivity index (χ4v) is 1.78. The van der Waals surface area contributed by atoms with E-state index in [2.05, 4.69) is 0 Å². The zero-order valence-corrected chi connectivity index (χ0v) is 10.6. The van der Waals surface area contributed by atoms with E-state index in [9.17, 15) is 5.11 Å². The first-order chi connectivity index (χ1) is 7.47. The molecule has 0 radical (unpaired) electrons. The highest BCUT2D eigenvalue weighted by molar-refractivity contribution is 5.51. The Morgan fingerprint density at radius 2 is 1.81 bits per heavy atom. The highest BCUT2D eigenvalue weighted by Gasteiger charge is 2.25. The molecule has 1 aromatic rings. The van der Waals surface area contributed by atoms with Crippen LogP contribution < -0.4 is 9.47 Å². The van der Waals surface area contributed by atoms with Crippen LogP contribution in [-0.4, -0.2) is 25.9 Å². The van der Waals surface area contributed by atoms with Crippen molar-refractivity contribution in [2.45, 2.75) is 26.2 Å². The summed E-state index contributed by atoms with van der Waals surface area (Å²) in [4.78, 5) is 0. The van der Waals surface area contributed by atoms with Crippen molar-refractivity contribution < 1.29 is 14.6 Å². The molecule has 3 nitrogen and oxygen atoms in total. The Kier molecular flexibility index (Phi) is 3.81. The summed E-state index contributed by atoms with van der Waals surface area (Å²) in [5.41, 5.74) is 1.64. The van der Waals surface area contributed by atoms with Crippen LogP contribution in [0.1, 0.15) is 25.0 Å². The van der Waals surface area contributed by atoms with Crippen LogP contribution in [0.5, 0.6) is 11.5 Å². The molecular weight excluding hydrogens is 204 g/mol. The Labute approximate surface area is 97.0 Å². The van der Waals surface area contributed by atoms with Gasteiger partial charge in [0.25, 0.3) is 0 Å². The van der Waals surface area contributed by atoms with Gasteiger partial charge in [-0.2, -0.15) is 0 Å². The molecule has 0 aliphatic heterocycles. The van der Waals surface area contributed by atoms with Gasteiger partial charge in [0.15, 0.2) is 0 Å². The van der Waals surface area contributed by atoms with Gasteiger partial charge in [-0.25, -0.2) is 0 Å². The molecule has 90 valence electrons. The predicted octanol–water partition coefficient (Wildman–Crippen LogP) is 2.28. The fourth-order valence-electron chi connectivity index (χ4n) is 1.78. The molecule has 16 heavy (non-hydrogen) atoms. The fraction of sp³-hybridized carbons (Fsp3) is 0.538. The van der Waals surface area contributed by atoms with Crippen LogP contribution in [0.2, 0.25) is 0 Å². The molecule has 0 aliphatic carbocycles. The number of aliphatic hydroxyl groups is 1. The van der Waals surface area contributed by atoms with Gasteiger partial charge in [0.05, 0.1) is 20.8 Å². The summed E-state index contributed by atoms with van der Waals surface area (Å²) in [6.45, 7) is 6.00. The summed E-state index contributed by atoms with van der Waals surface area (Å²) in [5.74, 6) is 1.59. The van der Waals surface area contributed by atoms with Crippen molar-refractivity contribution in [3.63, 3.8) is 0 Å². The molecule has 0 aliphatic rings. The first-order valence-electron chi connectivity index (χ1n) is 5.31. The molecule has 1 aromatic carbocycles. The van der Waals surface area contributed by atoms with Crippen molar-refractivity contribution in [2.75, 3.05) is 20.8 Å². The smallest absolute Gasteiger partial charge is 0.129 e. The second kappa shape index (κ2) is 4.74. The number of methoxy groups -OCH3 is 2. The lowest BCUT2D eigenvalue weighted by atomic mass is 9.84. The lowest BCUT2D eigenvalue weighted by Gasteiger charge is -2.26. The molecule has 0 bridgehead atoms. The standard InChI is InChI=1S/C13H20O3/c1-9-11(15-4)7-6-10(12(9)16-5)13(2,3)8-14/h6-7,14H,8H2,1-5H3. The van der Waals surface area contributed by atoms with Crippen molar-refractivity contribution in [2.24, 2.45) is 0 Å².